The smallest absolute Gasteiger partial charge is 0.336 e. The normalized spacial score (nSPS) is 11.7. The van der Waals surface area contributed by atoms with Gasteiger partial charge in [-0.05, 0) is 25.0 Å². The molecule has 23 heavy (non-hydrogen) atoms. The van der Waals surface area contributed by atoms with Gasteiger partial charge in [-0.3, -0.25) is 9.36 Å². The minimum Gasteiger partial charge on any atom is -0.507 e. The number of benzene rings is 1. The van der Waals surface area contributed by atoms with Crippen LogP contribution in [0.5, 0.6) is 5.75 Å². The third-order valence-electron chi connectivity index (χ3n) is 2.70. The summed E-state index contributed by atoms with van der Waals surface area (Å²) in [5.41, 5.74) is 2.37. The van der Waals surface area contributed by atoms with Crippen molar-refractivity contribution in [2.45, 2.75) is 26.7 Å². The highest BCUT2D eigenvalue weighted by molar-refractivity contribution is 7.54. The molecule has 0 aliphatic rings. The van der Waals surface area contributed by atoms with E-state index in [1.165, 1.54) is 18.3 Å². The van der Waals surface area contributed by atoms with Crippen LogP contribution in [0, 0.1) is 0 Å². The molecule has 0 spiro atoms. The fraction of sp³-hybridized carbons (Fsp3) is 0.467. The summed E-state index contributed by atoms with van der Waals surface area (Å²) in [5, 5.41) is 13.3. The lowest BCUT2D eigenvalue weighted by molar-refractivity contribution is 0.0952. The van der Waals surface area contributed by atoms with Gasteiger partial charge in [-0.25, -0.2) is 5.43 Å². The number of hydrogen-bond acceptors (Lipinski definition) is 6. The van der Waals surface area contributed by atoms with Crippen molar-refractivity contribution >= 4 is 19.7 Å². The molecule has 0 fully saturated rings. The Morgan fingerprint density at radius 1 is 1.26 bits per heavy atom. The van der Waals surface area contributed by atoms with E-state index in [0.717, 1.165) is 12.8 Å². The third-order valence-corrected chi connectivity index (χ3v) is 4.46. The van der Waals surface area contributed by atoms with Gasteiger partial charge in [0.1, 0.15) is 5.75 Å². The second-order valence-electron chi connectivity index (χ2n) is 4.73. The molecule has 0 saturated carbocycles. The van der Waals surface area contributed by atoms with Gasteiger partial charge in [0.25, 0.3) is 5.91 Å². The number of rotatable bonds is 10. The maximum atomic E-state index is 12.4. The third kappa shape index (κ3) is 6.95. The number of carbonyl (C=O) groups is 1. The number of hydrogen-bond donors (Lipinski definition) is 2. The summed E-state index contributed by atoms with van der Waals surface area (Å²) < 4.78 is 23.0. The molecule has 0 aromatic heterocycles. The second-order valence-corrected chi connectivity index (χ2v) is 6.83. The van der Waals surface area contributed by atoms with Crippen LogP contribution in [0.15, 0.2) is 29.4 Å². The van der Waals surface area contributed by atoms with Crippen LogP contribution in [-0.2, 0) is 13.6 Å². The Hall–Kier alpha value is -1.69. The summed E-state index contributed by atoms with van der Waals surface area (Å²) in [7, 11) is -3.24. The summed E-state index contributed by atoms with van der Waals surface area (Å²) in [6.07, 6.45) is 2.69. The van der Waals surface area contributed by atoms with E-state index in [2.05, 4.69) is 10.5 Å². The van der Waals surface area contributed by atoms with E-state index < -0.39 is 13.5 Å². The van der Waals surface area contributed by atoms with Gasteiger partial charge in [-0.2, -0.15) is 5.10 Å². The van der Waals surface area contributed by atoms with Gasteiger partial charge in [-0.1, -0.05) is 26.0 Å². The molecule has 8 heteroatoms. The van der Waals surface area contributed by atoms with Gasteiger partial charge < -0.3 is 14.2 Å². The Morgan fingerprint density at radius 3 is 2.43 bits per heavy atom. The van der Waals surface area contributed by atoms with Gasteiger partial charge in [0, 0.05) is 6.21 Å². The first-order chi connectivity index (χ1) is 11.0. The van der Waals surface area contributed by atoms with Crippen molar-refractivity contribution in [1.82, 2.24) is 5.43 Å². The van der Waals surface area contributed by atoms with E-state index in [1.54, 1.807) is 12.1 Å². The number of carbonyl (C=O) groups excluding carboxylic acids is 1. The first-order valence-electron chi connectivity index (χ1n) is 7.50. The van der Waals surface area contributed by atoms with Crippen molar-refractivity contribution in [1.29, 1.82) is 0 Å². The molecule has 0 aliphatic heterocycles. The fourth-order valence-corrected chi connectivity index (χ4v) is 3.06. The van der Waals surface area contributed by atoms with Gasteiger partial charge >= 0.3 is 7.60 Å². The number of aromatic hydroxyl groups is 1. The van der Waals surface area contributed by atoms with E-state index >= 15 is 0 Å². The highest BCUT2D eigenvalue weighted by atomic mass is 31.2. The predicted octanol–water partition coefficient (Wildman–Crippen LogP) is 3.15. The SMILES string of the molecule is CCCOP(=O)(C/C=N/NC(=O)c1ccccc1O)OCCC. The Kier molecular flexibility index (Phi) is 8.55. The number of phenols is 1. The van der Waals surface area contributed by atoms with E-state index in [4.69, 9.17) is 9.05 Å². The molecule has 7 nitrogen and oxygen atoms in total. The van der Waals surface area contributed by atoms with Crippen LogP contribution >= 0.6 is 7.60 Å². The Bertz CT molecular complexity index is 565. The molecule has 0 atom stereocenters. The summed E-state index contributed by atoms with van der Waals surface area (Å²) >= 11 is 0. The maximum absolute atomic E-state index is 12.4. The second kappa shape index (κ2) is 10.2. The molecular formula is C15H23N2O5P. The summed E-state index contributed by atoms with van der Waals surface area (Å²) in [6.45, 7) is 4.48. The standard InChI is InChI=1S/C15H23N2O5P/c1-3-10-21-23(20,22-11-4-2)12-9-16-17-15(19)13-7-5-6-8-14(13)18/h5-9,18H,3-4,10-12H2,1-2H3,(H,17,19)/b16-9+. The molecular weight excluding hydrogens is 319 g/mol. The van der Waals surface area contributed by atoms with Crippen LogP contribution < -0.4 is 5.43 Å². The monoisotopic (exact) mass is 342 g/mol. The zero-order valence-corrected chi connectivity index (χ0v) is 14.3. The largest absolute Gasteiger partial charge is 0.507 e. The van der Waals surface area contributed by atoms with Crippen molar-refractivity contribution < 1.29 is 23.5 Å². The number of phenolic OH excluding ortho intramolecular Hbond substituents is 1. The van der Waals surface area contributed by atoms with Crippen molar-refractivity contribution in [2.75, 3.05) is 19.4 Å². The lowest BCUT2D eigenvalue weighted by Gasteiger charge is -2.16. The molecule has 0 saturated heterocycles. The number of nitrogens with one attached hydrogen (secondary N) is 1. The van der Waals surface area contributed by atoms with Gasteiger partial charge in [0.05, 0.1) is 24.9 Å². The molecule has 0 bridgehead atoms. The highest BCUT2D eigenvalue weighted by Crippen LogP contribution is 2.47. The minimum absolute atomic E-state index is 0.0337. The number of para-hydroxylation sites is 1. The zero-order valence-electron chi connectivity index (χ0n) is 13.4. The molecule has 2 N–H and O–H groups in total. The summed E-state index contributed by atoms with van der Waals surface area (Å²) in [6, 6.07) is 6.12. The molecule has 1 aromatic carbocycles. The molecule has 1 rings (SSSR count). The Morgan fingerprint density at radius 2 is 1.87 bits per heavy atom. The van der Waals surface area contributed by atoms with E-state index in [9.17, 15) is 14.5 Å². The van der Waals surface area contributed by atoms with Crippen molar-refractivity contribution in [3.8, 4) is 5.75 Å². The van der Waals surface area contributed by atoms with Crippen LogP contribution in [0.2, 0.25) is 0 Å². The summed E-state index contributed by atoms with van der Waals surface area (Å²) in [4.78, 5) is 11.8. The van der Waals surface area contributed by atoms with Crippen molar-refractivity contribution in [2.24, 2.45) is 5.10 Å². The topological polar surface area (TPSA) is 97.2 Å². The van der Waals surface area contributed by atoms with Gasteiger partial charge in [-0.15, -0.1) is 0 Å². The molecule has 0 heterocycles. The van der Waals surface area contributed by atoms with Gasteiger partial charge in [0.15, 0.2) is 0 Å². The molecule has 1 amide bonds. The Labute approximate surface area is 136 Å². The lowest BCUT2D eigenvalue weighted by Crippen LogP contribution is -2.18. The van der Waals surface area contributed by atoms with E-state index in [-0.39, 0.29) is 17.5 Å². The average molecular weight is 342 g/mol. The van der Waals surface area contributed by atoms with Crippen LogP contribution in [0.25, 0.3) is 0 Å². The molecule has 0 radical (unpaired) electrons. The van der Waals surface area contributed by atoms with Crippen molar-refractivity contribution in [3.63, 3.8) is 0 Å². The van der Waals surface area contributed by atoms with E-state index in [1.807, 2.05) is 13.8 Å². The summed E-state index contributed by atoms with van der Waals surface area (Å²) in [5.74, 6) is -0.693. The highest BCUT2D eigenvalue weighted by Gasteiger charge is 2.22. The molecule has 1 aromatic rings. The number of nitrogens with zero attached hydrogens (tertiary/aromatic N) is 1. The average Bonchev–Trinajstić information content (AvgIpc) is 2.55. The molecule has 0 unspecified atom stereocenters. The number of amides is 1. The first-order valence-corrected chi connectivity index (χ1v) is 9.23. The van der Waals surface area contributed by atoms with Crippen LogP contribution in [0.3, 0.4) is 0 Å². The van der Waals surface area contributed by atoms with Crippen LogP contribution in [0.4, 0.5) is 0 Å². The lowest BCUT2D eigenvalue weighted by atomic mass is 10.2. The van der Waals surface area contributed by atoms with Crippen LogP contribution in [0.1, 0.15) is 37.0 Å². The first kappa shape index (κ1) is 19.4. The van der Waals surface area contributed by atoms with Crippen molar-refractivity contribution in [3.05, 3.63) is 29.8 Å². The quantitative estimate of drug-likeness (QED) is 0.387. The van der Waals surface area contributed by atoms with Gasteiger partial charge in [0.2, 0.25) is 0 Å². The Balaban J connectivity index is 2.56. The molecule has 0 aliphatic carbocycles. The minimum atomic E-state index is -3.24. The number of hydrazone groups is 1. The maximum Gasteiger partial charge on any atom is 0.336 e. The van der Waals surface area contributed by atoms with E-state index in [0.29, 0.717) is 13.2 Å². The molecule has 128 valence electrons. The predicted molar refractivity (Wildman–Crippen MR) is 89.0 cm³/mol. The fourth-order valence-electron chi connectivity index (χ4n) is 1.57. The van der Waals surface area contributed by atoms with Crippen LogP contribution in [-0.4, -0.2) is 36.6 Å². The zero-order chi connectivity index (χ0) is 17.1.